The van der Waals surface area contributed by atoms with Gasteiger partial charge in [-0.1, -0.05) is 25.7 Å². The van der Waals surface area contributed by atoms with E-state index in [2.05, 4.69) is 10.2 Å². The second-order valence-electron chi connectivity index (χ2n) is 5.97. The zero-order valence-electron chi connectivity index (χ0n) is 12.0. The van der Waals surface area contributed by atoms with Crippen LogP contribution >= 0.6 is 0 Å². The van der Waals surface area contributed by atoms with Gasteiger partial charge in [-0.3, -0.25) is 4.90 Å². The maximum absolute atomic E-state index is 5.07. The van der Waals surface area contributed by atoms with E-state index in [-0.39, 0.29) is 0 Å². The van der Waals surface area contributed by atoms with Gasteiger partial charge in [0.05, 0.1) is 6.61 Å². The second-order valence-corrected chi connectivity index (χ2v) is 5.97. The van der Waals surface area contributed by atoms with Gasteiger partial charge in [0.2, 0.25) is 0 Å². The van der Waals surface area contributed by atoms with E-state index in [0.29, 0.717) is 0 Å². The standard InChI is InChI=1S/C15H30N2O/c1-18-12-9-16-13-15-7-4-10-17(15)11-8-14-5-2-3-6-14/h14-16H,2-13H2,1H3. The Morgan fingerprint density at radius 2 is 2.00 bits per heavy atom. The Labute approximate surface area is 112 Å². The van der Waals surface area contributed by atoms with Crippen LogP contribution in [-0.2, 0) is 4.74 Å². The van der Waals surface area contributed by atoms with Crippen molar-refractivity contribution in [3.63, 3.8) is 0 Å². The predicted molar refractivity (Wildman–Crippen MR) is 75.9 cm³/mol. The van der Waals surface area contributed by atoms with Crippen LogP contribution in [0.15, 0.2) is 0 Å². The lowest BCUT2D eigenvalue weighted by atomic mass is 10.0. The molecule has 0 aromatic carbocycles. The summed E-state index contributed by atoms with van der Waals surface area (Å²) in [4.78, 5) is 2.72. The van der Waals surface area contributed by atoms with E-state index in [1.54, 1.807) is 7.11 Å². The smallest absolute Gasteiger partial charge is 0.0587 e. The van der Waals surface area contributed by atoms with Crippen LogP contribution in [0.5, 0.6) is 0 Å². The van der Waals surface area contributed by atoms with Gasteiger partial charge in [0.15, 0.2) is 0 Å². The third-order valence-corrected chi connectivity index (χ3v) is 4.66. The minimum Gasteiger partial charge on any atom is -0.383 e. The van der Waals surface area contributed by atoms with Crippen molar-refractivity contribution in [2.24, 2.45) is 5.92 Å². The van der Waals surface area contributed by atoms with Crippen LogP contribution < -0.4 is 5.32 Å². The molecule has 0 radical (unpaired) electrons. The Morgan fingerprint density at radius 3 is 2.78 bits per heavy atom. The average Bonchev–Trinajstić information content (AvgIpc) is 3.03. The third-order valence-electron chi connectivity index (χ3n) is 4.66. The third kappa shape index (κ3) is 4.52. The number of ether oxygens (including phenoxy) is 1. The van der Waals surface area contributed by atoms with E-state index in [0.717, 1.165) is 31.7 Å². The highest BCUT2D eigenvalue weighted by Crippen LogP contribution is 2.28. The average molecular weight is 254 g/mol. The Bertz CT molecular complexity index is 217. The minimum absolute atomic E-state index is 0.781. The van der Waals surface area contributed by atoms with Gasteiger partial charge in [-0.25, -0.2) is 0 Å². The molecule has 0 bridgehead atoms. The highest BCUT2D eigenvalue weighted by Gasteiger charge is 2.25. The molecule has 2 aliphatic rings. The zero-order chi connectivity index (χ0) is 12.6. The lowest BCUT2D eigenvalue weighted by molar-refractivity contribution is 0.190. The quantitative estimate of drug-likeness (QED) is 0.673. The van der Waals surface area contributed by atoms with Gasteiger partial charge in [0.1, 0.15) is 0 Å². The van der Waals surface area contributed by atoms with Gasteiger partial charge < -0.3 is 10.1 Å². The summed E-state index contributed by atoms with van der Waals surface area (Å²) in [7, 11) is 1.77. The Hall–Kier alpha value is -0.120. The fourth-order valence-corrected chi connectivity index (χ4v) is 3.51. The number of methoxy groups -OCH3 is 1. The summed E-state index contributed by atoms with van der Waals surface area (Å²) >= 11 is 0. The molecule has 1 aliphatic carbocycles. The maximum atomic E-state index is 5.07. The molecule has 1 unspecified atom stereocenters. The number of likely N-dealkylation sites (tertiary alicyclic amines) is 1. The van der Waals surface area contributed by atoms with Gasteiger partial charge in [0, 0.05) is 26.2 Å². The topological polar surface area (TPSA) is 24.5 Å². The van der Waals surface area contributed by atoms with Gasteiger partial charge in [0.25, 0.3) is 0 Å². The van der Waals surface area contributed by atoms with Crippen molar-refractivity contribution in [2.45, 2.75) is 51.0 Å². The first-order valence-corrected chi connectivity index (χ1v) is 7.84. The normalized spacial score (nSPS) is 26.2. The van der Waals surface area contributed by atoms with Crippen LogP contribution in [0.1, 0.15) is 44.9 Å². The van der Waals surface area contributed by atoms with Crippen LogP contribution in [-0.4, -0.2) is 50.8 Å². The van der Waals surface area contributed by atoms with Gasteiger partial charge in [-0.15, -0.1) is 0 Å². The second kappa shape index (κ2) is 8.13. The minimum atomic E-state index is 0.781. The molecule has 106 valence electrons. The summed E-state index contributed by atoms with van der Waals surface area (Å²) in [6, 6.07) is 0.781. The summed E-state index contributed by atoms with van der Waals surface area (Å²) in [5.74, 6) is 1.03. The fourth-order valence-electron chi connectivity index (χ4n) is 3.51. The van der Waals surface area contributed by atoms with Gasteiger partial charge in [-0.2, -0.15) is 0 Å². The van der Waals surface area contributed by atoms with E-state index < -0.39 is 0 Å². The summed E-state index contributed by atoms with van der Waals surface area (Å²) in [6.07, 6.45) is 10.1. The van der Waals surface area contributed by atoms with E-state index in [1.165, 1.54) is 58.0 Å². The van der Waals surface area contributed by atoms with Gasteiger partial charge >= 0.3 is 0 Å². The molecule has 1 saturated heterocycles. The largest absolute Gasteiger partial charge is 0.383 e. The summed E-state index contributed by atoms with van der Waals surface area (Å²) in [6.45, 7) is 5.62. The van der Waals surface area contributed by atoms with Crippen LogP contribution in [0.2, 0.25) is 0 Å². The lowest BCUT2D eigenvalue weighted by Crippen LogP contribution is -2.39. The molecule has 1 saturated carbocycles. The molecular formula is C15H30N2O. The van der Waals surface area contributed by atoms with Gasteiger partial charge in [-0.05, 0) is 38.3 Å². The maximum Gasteiger partial charge on any atom is 0.0587 e. The van der Waals surface area contributed by atoms with Crippen molar-refractivity contribution >= 4 is 0 Å². The van der Waals surface area contributed by atoms with Crippen LogP contribution in [0, 0.1) is 5.92 Å². The van der Waals surface area contributed by atoms with E-state index in [1.807, 2.05) is 0 Å². The van der Waals surface area contributed by atoms with E-state index in [9.17, 15) is 0 Å². The molecular weight excluding hydrogens is 224 g/mol. The Balaban J connectivity index is 1.60. The molecule has 18 heavy (non-hydrogen) atoms. The van der Waals surface area contributed by atoms with Crippen LogP contribution in [0.3, 0.4) is 0 Å². The molecule has 1 N–H and O–H groups in total. The highest BCUT2D eigenvalue weighted by atomic mass is 16.5. The van der Waals surface area contributed by atoms with E-state index >= 15 is 0 Å². The van der Waals surface area contributed by atoms with Crippen molar-refractivity contribution in [2.75, 3.05) is 39.9 Å². The lowest BCUT2D eigenvalue weighted by Gasteiger charge is -2.26. The Morgan fingerprint density at radius 1 is 1.17 bits per heavy atom. The molecule has 0 aromatic rings. The molecule has 2 fully saturated rings. The Kier molecular flexibility index (Phi) is 6.46. The van der Waals surface area contributed by atoms with Crippen molar-refractivity contribution in [3.05, 3.63) is 0 Å². The number of rotatable bonds is 8. The molecule has 0 spiro atoms. The molecule has 0 amide bonds. The zero-order valence-corrected chi connectivity index (χ0v) is 12.0. The van der Waals surface area contributed by atoms with E-state index in [4.69, 9.17) is 4.74 Å². The summed E-state index contributed by atoms with van der Waals surface area (Å²) in [5.41, 5.74) is 0. The predicted octanol–water partition coefficient (Wildman–Crippen LogP) is 2.27. The highest BCUT2D eigenvalue weighted by molar-refractivity contribution is 4.82. The molecule has 3 nitrogen and oxygen atoms in total. The number of hydrogen-bond acceptors (Lipinski definition) is 3. The molecule has 1 heterocycles. The number of nitrogens with one attached hydrogen (secondary N) is 1. The molecule has 1 aliphatic heterocycles. The molecule has 2 rings (SSSR count). The molecule has 1 atom stereocenters. The summed E-state index contributed by atoms with van der Waals surface area (Å²) < 4.78 is 5.07. The first-order chi connectivity index (χ1) is 8.90. The number of hydrogen-bond donors (Lipinski definition) is 1. The summed E-state index contributed by atoms with van der Waals surface area (Å²) in [5, 5.41) is 3.52. The molecule has 0 aromatic heterocycles. The van der Waals surface area contributed by atoms with Crippen molar-refractivity contribution in [3.8, 4) is 0 Å². The monoisotopic (exact) mass is 254 g/mol. The van der Waals surface area contributed by atoms with Crippen LogP contribution in [0.4, 0.5) is 0 Å². The molecule has 3 heteroatoms. The SMILES string of the molecule is COCCNCC1CCCN1CCC1CCCC1. The first kappa shape index (κ1) is 14.3. The van der Waals surface area contributed by atoms with Crippen LogP contribution in [0.25, 0.3) is 0 Å². The number of nitrogens with zero attached hydrogens (tertiary/aromatic N) is 1. The first-order valence-electron chi connectivity index (χ1n) is 7.84. The van der Waals surface area contributed by atoms with Crippen molar-refractivity contribution in [1.29, 1.82) is 0 Å². The van der Waals surface area contributed by atoms with Crippen molar-refractivity contribution in [1.82, 2.24) is 10.2 Å². The van der Waals surface area contributed by atoms with Crippen molar-refractivity contribution < 1.29 is 4.74 Å². The fraction of sp³-hybridized carbons (Fsp3) is 1.00.